The summed E-state index contributed by atoms with van der Waals surface area (Å²) >= 11 is 12.1. The van der Waals surface area contributed by atoms with E-state index >= 15 is 0 Å². The molecular weight excluding hydrogens is 515 g/mol. The summed E-state index contributed by atoms with van der Waals surface area (Å²) in [7, 11) is 1.63. The lowest BCUT2D eigenvalue weighted by molar-refractivity contribution is -0.132. The number of anilines is 1. The van der Waals surface area contributed by atoms with Crippen LogP contribution in [0.15, 0.2) is 77.8 Å². The average molecular weight is 539 g/mol. The summed E-state index contributed by atoms with van der Waals surface area (Å²) in [5.41, 5.74) is 8.45. The number of ether oxygens (including phenoxy) is 1. The molecule has 0 aromatic heterocycles. The number of amides is 3. The molecule has 0 saturated heterocycles. The van der Waals surface area contributed by atoms with Gasteiger partial charge in [0.2, 0.25) is 12.1 Å². The van der Waals surface area contributed by atoms with Crippen molar-refractivity contribution < 1.29 is 19.1 Å². The Labute approximate surface area is 224 Å². The zero-order chi connectivity index (χ0) is 26.7. The molecule has 0 fully saturated rings. The molecule has 37 heavy (non-hydrogen) atoms. The molecule has 0 unspecified atom stereocenters. The van der Waals surface area contributed by atoms with Crippen LogP contribution in [0.3, 0.4) is 0 Å². The van der Waals surface area contributed by atoms with Crippen molar-refractivity contribution in [1.29, 1.82) is 0 Å². The number of fused-ring (bicyclic) bond motifs is 1. The topological polar surface area (TPSA) is 114 Å². The normalized spacial score (nSPS) is 16.6. The smallest absolute Gasteiger partial charge is 0.405 e. The lowest BCUT2D eigenvalue weighted by atomic mass is 9.96. The Kier molecular flexibility index (Phi) is 7.80. The van der Waals surface area contributed by atoms with Gasteiger partial charge in [-0.25, -0.2) is 9.79 Å². The highest BCUT2D eigenvalue weighted by Crippen LogP contribution is 2.32. The zero-order valence-electron chi connectivity index (χ0n) is 20.0. The fraction of sp³-hybridized carbons (Fsp3) is 0.185. The van der Waals surface area contributed by atoms with Crippen molar-refractivity contribution in [3.63, 3.8) is 0 Å². The minimum absolute atomic E-state index is 0.222. The van der Waals surface area contributed by atoms with Crippen LogP contribution in [0.2, 0.25) is 10.0 Å². The fourth-order valence-electron chi connectivity index (χ4n) is 4.12. The van der Waals surface area contributed by atoms with E-state index in [1.54, 1.807) is 20.0 Å². The predicted octanol–water partition coefficient (Wildman–Crippen LogP) is 4.72. The van der Waals surface area contributed by atoms with Crippen molar-refractivity contribution >= 4 is 52.5 Å². The number of carbonyl (C=O) groups excluding carboxylic acids is 3. The third-order valence-corrected chi connectivity index (χ3v) is 6.79. The minimum Gasteiger partial charge on any atom is -0.441 e. The zero-order valence-corrected chi connectivity index (χ0v) is 21.5. The van der Waals surface area contributed by atoms with E-state index < -0.39 is 36.1 Å². The van der Waals surface area contributed by atoms with Gasteiger partial charge in [-0.05, 0) is 30.7 Å². The van der Waals surface area contributed by atoms with Gasteiger partial charge in [-0.3, -0.25) is 9.59 Å². The number of benzene rings is 3. The van der Waals surface area contributed by atoms with E-state index in [9.17, 15) is 14.4 Å². The van der Waals surface area contributed by atoms with Crippen molar-refractivity contribution in [3.05, 3.63) is 99.5 Å². The average Bonchev–Trinajstić information content (AvgIpc) is 2.99. The molecule has 190 valence electrons. The van der Waals surface area contributed by atoms with Crippen molar-refractivity contribution in [1.82, 2.24) is 5.32 Å². The number of benzodiazepines with no additional fused rings is 1. The van der Waals surface area contributed by atoms with Crippen LogP contribution in [0.1, 0.15) is 29.7 Å². The molecule has 10 heteroatoms. The second-order valence-corrected chi connectivity index (χ2v) is 9.30. The van der Waals surface area contributed by atoms with Gasteiger partial charge in [-0.2, -0.15) is 0 Å². The Hall–Kier alpha value is -3.88. The van der Waals surface area contributed by atoms with E-state index in [0.717, 1.165) is 11.1 Å². The highest BCUT2D eigenvalue weighted by atomic mass is 35.5. The number of hydrogen-bond donors (Lipinski definition) is 2. The summed E-state index contributed by atoms with van der Waals surface area (Å²) in [6, 6.07) is 21.4. The molecule has 0 saturated carbocycles. The van der Waals surface area contributed by atoms with E-state index in [2.05, 4.69) is 10.3 Å². The molecule has 3 aromatic carbocycles. The molecule has 3 aromatic rings. The molecule has 4 rings (SSSR count). The summed E-state index contributed by atoms with van der Waals surface area (Å²) in [5, 5.41) is 3.24. The van der Waals surface area contributed by atoms with E-state index in [-0.39, 0.29) is 5.02 Å². The van der Waals surface area contributed by atoms with Crippen LogP contribution < -0.4 is 16.0 Å². The first-order chi connectivity index (χ1) is 17.7. The number of nitrogens with zero attached hydrogens (tertiary/aromatic N) is 2. The Morgan fingerprint density at radius 1 is 1.03 bits per heavy atom. The summed E-state index contributed by atoms with van der Waals surface area (Å²) in [5.74, 6) is -1.96. The number of nitrogens with two attached hydrogens (primary N) is 1. The Bertz CT molecular complexity index is 1380. The summed E-state index contributed by atoms with van der Waals surface area (Å²) in [6.45, 7) is 1.55. The summed E-state index contributed by atoms with van der Waals surface area (Å²) < 4.78 is 5.26. The van der Waals surface area contributed by atoms with Gasteiger partial charge in [-0.1, -0.05) is 77.8 Å². The molecule has 0 radical (unpaired) electrons. The molecule has 1 aliphatic rings. The number of primary amides is 1. The number of nitrogens with one attached hydrogen (secondary N) is 1. The van der Waals surface area contributed by atoms with Crippen molar-refractivity contribution in [2.45, 2.75) is 19.2 Å². The first-order valence-electron chi connectivity index (χ1n) is 11.4. The van der Waals surface area contributed by atoms with Crippen LogP contribution >= 0.6 is 23.2 Å². The first-order valence-corrected chi connectivity index (χ1v) is 12.1. The van der Waals surface area contributed by atoms with Gasteiger partial charge in [-0.15, -0.1) is 0 Å². The van der Waals surface area contributed by atoms with E-state index in [1.807, 2.05) is 54.6 Å². The number of likely N-dealkylation sites (N-methyl/N-ethyl adjacent to an activating group) is 1. The number of para-hydroxylation sites is 1. The maximum absolute atomic E-state index is 13.4. The predicted molar refractivity (Wildman–Crippen MR) is 143 cm³/mol. The van der Waals surface area contributed by atoms with Gasteiger partial charge in [0.15, 0.2) is 0 Å². The number of hydrogen-bond acceptors (Lipinski definition) is 5. The molecule has 3 atom stereocenters. The van der Waals surface area contributed by atoms with Crippen molar-refractivity contribution in [2.24, 2.45) is 16.6 Å². The number of rotatable bonds is 6. The third kappa shape index (κ3) is 5.60. The highest BCUT2D eigenvalue weighted by molar-refractivity contribution is 6.42. The van der Waals surface area contributed by atoms with E-state index in [4.69, 9.17) is 33.7 Å². The van der Waals surface area contributed by atoms with Crippen LogP contribution in [0.5, 0.6) is 0 Å². The molecule has 1 heterocycles. The third-order valence-electron chi connectivity index (χ3n) is 6.05. The number of carbonyl (C=O) groups is 3. The van der Waals surface area contributed by atoms with E-state index in [1.165, 1.54) is 17.0 Å². The molecule has 8 nitrogen and oxygen atoms in total. The van der Waals surface area contributed by atoms with Gasteiger partial charge >= 0.3 is 6.09 Å². The summed E-state index contributed by atoms with van der Waals surface area (Å²) in [6.07, 6.45) is -3.38. The second-order valence-electron chi connectivity index (χ2n) is 8.49. The second kappa shape index (κ2) is 11.0. The van der Waals surface area contributed by atoms with Gasteiger partial charge in [0.05, 0.1) is 27.4 Å². The van der Waals surface area contributed by atoms with Gasteiger partial charge in [0.25, 0.3) is 5.91 Å². The minimum atomic E-state index is -1.23. The Morgan fingerprint density at radius 2 is 1.70 bits per heavy atom. The lowest BCUT2D eigenvalue weighted by Gasteiger charge is -2.26. The monoisotopic (exact) mass is 538 g/mol. The molecule has 0 bridgehead atoms. The lowest BCUT2D eigenvalue weighted by Crippen LogP contribution is -2.48. The molecule has 0 aliphatic carbocycles. The van der Waals surface area contributed by atoms with Gasteiger partial charge < -0.3 is 20.7 Å². The van der Waals surface area contributed by atoms with Crippen molar-refractivity contribution in [3.8, 4) is 0 Å². The van der Waals surface area contributed by atoms with Gasteiger partial charge in [0, 0.05) is 18.2 Å². The molecule has 0 spiro atoms. The van der Waals surface area contributed by atoms with Crippen LogP contribution in [0, 0.1) is 5.92 Å². The number of aliphatic imine (C=N–C) groups is 1. The van der Waals surface area contributed by atoms with Crippen LogP contribution in [0.25, 0.3) is 0 Å². The number of halogens is 2. The van der Waals surface area contributed by atoms with Crippen LogP contribution in [-0.2, 0) is 14.3 Å². The highest BCUT2D eigenvalue weighted by Gasteiger charge is 2.35. The molecule has 1 aliphatic heterocycles. The maximum Gasteiger partial charge on any atom is 0.405 e. The van der Waals surface area contributed by atoms with Crippen LogP contribution in [0.4, 0.5) is 10.5 Å². The van der Waals surface area contributed by atoms with Crippen LogP contribution in [-0.4, -0.2) is 36.8 Å². The maximum atomic E-state index is 13.4. The molecule has 3 amide bonds. The van der Waals surface area contributed by atoms with Gasteiger partial charge in [0.1, 0.15) is 6.10 Å². The molecule has 3 N–H and O–H groups in total. The van der Waals surface area contributed by atoms with Crippen molar-refractivity contribution in [2.75, 3.05) is 11.9 Å². The quantitative estimate of drug-likeness (QED) is 0.472. The Morgan fingerprint density at radius 3 is 2.38 bits per heavy atom. The largest absolute Gasteiger partial charge is 0.441 e. The fourth-order valence-corrected chi connectivity index (χ4v) is 4.43. The SMILES string of the molecule is C[C@H](C(=O)N[C@H]1N=C(c2ccccc2)c2ccccc2N(C)C1=O)[C@H](OC(N)=O)c1ccc(Cl)c(Cl)c1. The molecular formula is C27H24Cl2N4O4. The van der Waals surface area contributed by atoms with E-state index in [0.29, 0.717) is 22.0 Å². The summed E-state index contributed by atoms with van der Waals surface area (Å²) in [4.78, 5) is 44.6. The Balaban J connectivity index is 1.69. The standard InChI is InChI=1S/C27H24Cl2N4O4/c1-15(23(37-27(30)36)17-12-13-19(28)20(29)14-17)25(34)32-24-26(35)33(2)21-11-7-6-10-18(21)22(31-24)16-8-4-3-5-9-16/h3-15,23-24H,1-2H3,(H2,30,36)(H,32,34)/t15-,23-,24+/m0/s1. The first kappa shape index (κ1) is 26.2.